The predicted molar refractivity (Wildman–Crippen MR) is 115 cm³/mol. The molecular weight excluding hydrogens is 419 g/mol. The highest BCUT2D eigenvalue weighted by Gasteiger charge is 2.29. The van der Waals surface area contributed by atoms with E-state index < -0.39 is 0 Å². The summed E-state index contributed by atoms with van der Waals surface area (Å²) in [7, 11) is 0. The number of carbonyl (C=O) groups excluding carboxylic acids is 1. The van der Waals surface area contributed by atoms with Gasteiger partial charge in [0.15, 0.2) is 0 Å². The summed E-state index contributed by atoms with van der Waals surface area (Å²) in [5.41, 5.74) is 1.63. The van der Waals surface area contributed by atoms with Gasteiger partial charge >= 0.3 is 0 Å². The Morgan fingerprint density at radius 2 is 1.76 bits per heavy atom. The van der Waals surface area contributed by atoms with Crippen molar-refractivity contribution in [1.29, 1.82) is 0 Å². The molecule has 2 aliphatic rings. The van der Waals surface area contributed by atoms with E-state index in [1.807, 2.05) is 11.0 Å². The van der Waals surface area contributed by atoms with Crippen molar-refractivity contribution in [3.05, 3.63) is 65.2 Å². The van der Waals surface area contributed by atoms with Gasteiger partial charge in [-0.05, 0) is 48.7 Å². The number of piperazine rings is 1. The lowest BCUT2D eigenvalue weighted by molar-refractivity contribution is 0.0633. The van der Waals surface area contributed by atoms with Crippen molar-refractivity contribution < 1.29 is 13.6 Å². The molecule has 4 rings (SSSR count). The largest absolute Gasteiger partial charge is 0.369 e. The highest BCUT2D eigenvalue weighted by molar-refractivity contribution is 5.95. The lowest BCUT2D eigenvalue weighted by Gasteiger charge is -2.36. The topological polar surface area (TPSA) is 35.6 Å². The second kappa shape index (κ2) is 10.2. The minimum atomic E-state index is -0.361. The van der Waals surface area contributed by atoms with Gasteiger partial charge in [-0.2, -0.15) is 0 Å². The molecule has 2 aromatic rings. The van der Waals surface area contributed by atoms with Gasteiger partial charge in [0.2, 0.25) is 0 Å². The molecule has 4 nitrogen and oxygen atoms in total. The Morgan fingerprint density at radius 3 is 2.45 bits per heavy atom. The fraction of sp³-hybridized carbons (Fsp3) is 0.381. The molecule has 0 aromatic heterocycles. The maximum atomic E-state index is 14.6. The van der Waals surface area contributed by atoms with E-state index in [0.717, 1.165) is 31.5 Å². The number of anilines is 1. The molecule has 0 saturated carbocycles. The fourth-order valence-electron chi connectivity index (χ4n) is 3.98. The maximum absolute atomic E-state index is 14.6. The van der Waals surface area contributed by atoms with Gasteiger partial charge in [-0.15, -0.1) is 24.8 Å². The molecule has 2 heterocycles. The van der Waals surface area contributed by atoms with Gasteiger partial charge in [-0.3, -0.25) is 4.79 Å². The molecule has 2 aromatic carbocycles. The summed E-state index contributed by atoms with van der Waals surface area (Å²) in [6.07, 6.45) is 2.13. The molecule has 1 unspecified atom stereocenters. The molecule has 158 valence electrons. The first kappa shape index (κ1) is 23.4. The van der Waals surface area contributed by atoms with Crippen molar-refractivity contribution in [2.45, 2.75) is 18.9 Å². The zero-order valence-corrected chi connectivity index (χ0v) is 17.6. The van der Waals surface area contributed by atoms with E-state index in [4.69, 9.17) is 0 Å². The molecule has 1 N–H and O–H groups in total. The van der Waals surface area contributed by atoms with Crippen LogP contribution in [-0.4, -0.2) is 43.5 Å². The van der Waals surface area contributed by atoms with Crippen molar-refractivity contribution in [1.82, 2.24) is 10.2 Å². The monoisotopic (exact) mass is 443 g/mol. The van der Waals surface area contributed by atoms with E-state index in [-0.39, 0.29) is 48.4 Å². The number of carbonyl (C=O) groups is 1. The first-order valence-electron chi connectivity index (χ1n) is 9.45. The first-order chi connectivity index (χ1) is 13.1. The van der Waals surface area contributed by atoms with E-state index in [9.17, 15) is 13.6 Å². The van der Waals surface area contributed by atoms with Crippen LogP contribution in [0, 0.1) is 11.6 Å². The number of amides is 1. The van der Waals surface area contributed by atoms with Gasteiger partial charge in [0.1, 0.15) is 11.6 Å². The Morgan fingerprint density at radius 1 is 1.00 bits per heavy atom. The number of benzene rings is 2. The SMILES string of the molecule is Cl.Cl.O=C(c1ccc(N2CCCC2)c(F)c1)N1CCNCC1c1cccc(F)c1. The molecule has 8 heteroatoms. The van der Waals surface area contributed by atoms with Crippen LogP contribution in [0.4, 0.5) is 14.5 Å². The van der Waals surface area contributed by atoms with Crippen LogP contribution in [0.3, 0.4) is 0 Å². The minimum Gasteiger partial charge on any atom is -0.369 e. The highest BCUT2D eigenvalue weighted by Crippen LogP contribution is 2.28. The molecule has 0 radical (unpaired) electrons. The standard InChI is InChI=1S/C21H23F2N3O.2ClH/c22-17-5-3-4-15(12-17)20-14-24-8-11-26(20)21(27)16-6-7-19(18(23)13-16)25-9-1-2-10-25;;/h3-7,12-13,20,24H,1-2,8-11,14H2;2*1H. The lowest BCUT2D eigenvalue weighted by Crippen LogP contribution is -2.48. The average Bonchev–Trinajstić information content (AvgIpc) is 3.22. The van der Waals surface area contributed by atoms with Gasteiger partial charge < -0.3 is 15.1 Å². The predicted octanol–water partition coefficient (Wildman–Crippen LogP) is 4.20. The summed E-state index contributed by atoms with van der Waals surface area (Å²) < 4.78 is 28.3. The summed E-state index contributed by atoms with van der Waals surface area (Å²) in [6.45, 7) is 3.40. The van der Waals surface area contributed by atoms with Crippen LogP contribution in [0.2, 0.25) is 0 Å². The van der Waals surface area contributed by atoms with Crippen LogP contribution in [0.15, 0.2) is 42.5 Å². The molecule has 1 atom stereocenters. The summed E-state index contributed by atoms with van der Waals surface area (Å²) in [5.74, 6) is -0.913. The Bertz CT molecular complexity index is 846. The van der Waals surface area contributed by atoms with E-state index in [2.05, 4.69) is 5.32 Å². The molecular formula is C21H25Cl2F2N3O. The lowest BCUT2D eigenvalue weighted by atomic mass is 10.0. The maximum Gasteiger partial charge on any atom is 0.254 e. The van der Waals surface area contributed by atoms with E-state index >= 15 is 0 Å². The van der Waals surface area contributed by atoms with Crippen LogP contribution in [-0.2, 0) is 0 Å². The summed E-state index contributed by atoms with van der Waals surface area (Å²) >= 11 is 0. The van der Waals surface area contributed by atoms with Crippen molar-refractivity contribution >= 4 is 36.4 Å². The van der Waals surface area contributed by atoms with Crippen molar-refractivity contribution in [2.75, 3.05) is 37.6 Å². The number of nitrogens with zero attached hydrogens (tertiary/aromatic N) is 2. The third-order valence-electron chi connectivity index (χ3n) is 5.38. The van der Waals surface area contributed by atoms with E-state index in [1.165, 1.54) is 18.2 Å². The van der Waals surface area contributed by atoms with E-state index in [1.54, 1.807) is 23.1 Å². The number of hydrogen-bond acceptors (Lipinski definition) is 3. The van der Waals surface area contributed by atoms with Gasteiger partial charge in [0.25, 0.3) is 5.91 Å². The number of halogens is 4. The minimum absolute atomic E-state index is 0. The van der Waals surface area contributed by atoms with E-state index in [0.29, 0.717) is 30.9 Å². The Hall–Kier alpha value is -1.89. The van der Waals surface area contributed by atoms with Crippen LogP contribution >= 0.6 is 24.8 Å². The zero-order valence-electron chi connectivity index (χ0n) is 15.9. The quantitative estimate of drug-likeness (QED) is 0.771. The Labute approximate surface area is 182 Å². The third-order valence-corrected chi connectivity index (χ3v) is 5.38. The third kappa shape index (κ3) is 5.00. The van der Waals surface area contributed by atoms with Crippen molar-refractivity contribution in [3.8, 4) is 0 Å². The molecule has 0 bridgehead atoms. The first-order valence-corrected chi connectivity index (χ1v) is 9.45. The zero-order chi connectivity index (χ0) is 18.8. The normalized spacial score (nSPS) is 18.8. The van der Waals surface area contributed by atoms with Crippen LogP contribution in [0.25, 0.3) is 0 Å². The molecule has 29 heavy (non-hydrogen) atoms. The molecule has 0 spiro atoms. The van der Waals surface area contributed by atoms with Gasteiger partial charge in [0, 0.05) is 38.3 Å². The van der Waals surface area contributed by atoms with Gasteiger partial charge in [0.05, 0.1) is 11.7 Å². The number of nitrogens with one attached hydrogen (secondary N) is 1. The van der Waals surface area contributed by atoms with Crippen LogP contribution < -0.4 is 10.2 Å². The Balaban J connectivity index is 0.00000150. The average molecular weight is 444 g/mol. The second-order valence-corrected chi connectivity index (χ2v) is 7.13. The molecule has 1 amide bonds. The van der Waals surface area contributed by atoms with Crippen LogP contribution in [0.1, 0.15) is 34.8 Å². The summed E-state index contributed by atoms with van der Waals surface area (Å²) in [6, 6.07) is 10.8. The smallest absolute Gasteiger partial charge is 0.254 e. The summed E-state index contributed by atoms with van der Waals surface area (Å²) in [5, 5.41) is 3.25. The molecule has 2 fully saturated rings. The second-order valence-electron chi connectivity index (χ2n) is 7.13. The number of hydrogen-bond donors (Lipinski definition) is 1. The van der Waals surface area contributed by atoms with Crippen LogP contribution in [0.5, 0.6) is 0 Å². The fourth-order valence-corrected chi connectivity index (χ4v) is 3.98. The van der Waals surface area contributed by atoms with Crippen molar-refractivity contribution in [3.63, 3.8) is 0 Å². The molecule has 0 aliphatic carbocycles. The molecule has 2 aliphatic heterocycles. The highest BCUT2D eigenvalue weighted by atomic mass is 35.5. The van der Waals surface area contributed by atoms with Gasteiger partial charge in [-0.25, -0.2) is 8.78 Å². The molecule has 2 saturated heterocycles. The van der Waals surface area contributed by atoms with Crippen molar-refractivity contribution in [2.24, 2.45) is 0 Å². The number of rotatable bonds is 3. The summed E-state index contributed by atoms with van der Waals surface area (Å²) in [4.78, 5) is 16.8. The van der Waals surface area contributed by atoms with Gasteiger partial charge in [-0.1, -0.05) is 12.1 Å². The Kier molecular flexibility index (Phi) is 8.25.